The Morgan fingerprint density at radius 3 is 2.60 bits per heavy atom. The van der Waals surface area contributed by atoms with E-state index in [1.165, 1.54) is 43.4 Å². The summed E-state index contributed by atoms with van der Waals surface area (Å²) in [5, 5.41) is 0. The Hall–Kier alpha value is -3.10. The standard InChI is InChI=1S/C16H14F2N4O3/c1-20(8-12-19-5-6-22(12)16(17)18)13(23)9-3-4-10-11(7-9)15(25)21(2)14(10)24/h3-7,16H,8H2,1-2H3. The van der Waals surface area contributed by atoms with Crippen LogP contribution in [-0.4, -0.2) is 51.2 Å². The SMILES string of the molecule is CN(Cc1nccn1C(F)F)C(=O)c1ccc2c(c1)C(=O)N(C)C2=O. The van der Waals surface area contributed by atoms with Crippen molar-refractivity contribution >= 4 is 17.7 Å². The van der Waals surface area contributed by atoms with Gasteiger partial charge in [0.1, 0.15) is 5.82 Å². The van der Waals surface area contributed by atoms with Crippen LogP contribution < -0.4 is 0 Å². The van der Waals surface area contributed by atoms with E-state index >= 15 is 0 Å². The molecule has 1 aromatic heterocycles. The summed E-state index contributed by atoms with van der Waals surface area (Å²) in [6, 6.07) is 4.19. The third-order valence-corrected chi connectivity index (χ3v) is 4.02. The van der Waals surface area contributed by atoms with Gasteiger partial charge in [0.2, 0.25) is 0 Å². The summed E-state index contributed by atoms with van der Waals surface area (Å²) in [4.78, 5) is 42.4. The molecule has 0 saturated carbocycles. The zero-order chi connectivity index (χ0) is 18.3. The molecular weight excluding hydrogens is 334 g/mol. The molecule has 0 fully saturated rings. The first kappa shape index (κ1) is 16.7. The molecule has 0 spiro atoms. The van der Waals surface area contributed by atoms with Gasteiger partial charge in [-0.1, -0.05) is 0 Å². The Morgan fingerprint density at radius 2 is 1.92 bits per heavy atom. The number of carbonyl (C=O) groups excluding carboxylic acids is 3. The van der Waals surface area contributed by atoms with Crippen molar-refractivity contribution in [3.63, 3.8) is 0 Å². The number of imidazole rings is 1. The van der Waals surface area contributed by atoms with Crippen molar-refractivity contribution in [2.24, 2.45) is 0 Å². The maximum atomic E-state index is 12.8. The minimum absolute atomic E-state index is 0.0398. The quantitative estimate of drug-likeness (QED) is 0.790. The van der Waals surface area contributed by atoms with Crippen LogP contribution in [0.25, 0.3) is 0 Å². The van der Waals surface area contributed by atoms with E-state index in [0.29, 0.717) is 4.57 Å². The molecule has 0 radical (unpaired) electrons. The monoisotopic (exact) mass is 348 g/mol. The fraction of sp³-hybridized carbons (Fsp3) is 0.250. The molecule has 2 aromatic rings. The van der Waals surface area contributed by atoms with Crippen molar-refractivity contribution in [1.29, 1.82) is 0 Å². The molecule has 1 aromatic carbocycles. The lowest BCUT2D eigenvalue weighted by Crippen LogP contribution is -2.28. The van der Waals surface area contributed by atoms with Crippen LogP contribution in [0, 0.1) is 0 Å². The number of halogens is 2. The summed E-state index contributed by atoms with van der Waals surface area (Å²) < 4.78 is 26.4. The van der Waals surface area contributed by atoms with Crippen molar-refractivity contribution in [2.45, 2.75) is 13.1 Å². The van der Waals surface area contributed by atoms with Gasteiger partial charge in [-0.15, -0.1) is 0 Å². The smallest absolute Gasteiger partial charge is 0.319 e. The van der Waals surface area contributed by atoms with Crippen molar-refractivity contribution in [2.75, 3.05) is 14.1 Å². The van der Waals surface area contributed by atoms with E-state index in [0.717, 1.165) is 11.1 Å². The molecule has 7 nitrogen and oxygen atoms in total. The second-order valence-electron chi connectivity index (χ2n) is 5.62. The van der Waals surface area contributed by atoms with Crippen molar-refractivity contribution in [3.8, 4) is 0 Å². The van der Waals surface area contributed by atoms with Gasteiger partial charge in [-0.25, -0.2) is 4.98 Å². The maximum Gasteiger partial charge on any atom is 0.319 e. The molecule has 0 aliphatic carbocycles. The lowest BCUT2D eigenvalue weighted by molar-refractivity contribution is 0.0612. The molecule has 2 heterocycles. The highest BCUT2D eigenvalue weighted by molar-refractivity contribution is 6.21. The van der Waals surface area contributed by atoms with Crippen molar-refractivity contribution < 1.29 is 23.2 Å². The van der Waals surface area contributed by atoms with Crippen molar-refractivity contribution in [1.82, 2.24) is 19.4 Å². The Labute approximate surface area is 141 Å². The third kappa shape index (κ3) is 2.77. The lowest BCUT2D eigenvalue weighted by atomic mass is 10.0. The summed E-state index contributed by atoms with van der Waals surface area (Å²) in [6.07, 6.45) is 2.36. The van der Waals surface area contributed by atoms with E-state index in [1.807, 2.05) is 0 Å². The van der Waals surface area contributed by atoms with Gasteiger partial charge in [-0.3, -0.25) is 23.9 Å². The highest BCUT2D eigenvalue weighted by atomic mass is 19.3. The first-order valence-corrected chi connectivity index (χ1v) is 7.33. The zero-order valence-electron chi connectivity index (χ0n) is 13.4. The number of hydrogen-bond acceptors (Lipinski definition) is 4. The fourth-order valence-corrected chi connectivity index (χ4v) is 2.64. The highest BCUT2D eigenvalue weighted by Crippen LogP contribution is 2.23. The predicted octanol–water partition coefficient (Wildman–Crippen LogP) is 1.78. The molecule has 0 bridgehead atoms. The first-order chi connectivity index (χ1) is 11.8. The minimum atomic E-state index is -2.75. The molecule has 1 aliphatic rings. The predicted molar refractivity (Wildman–Crippen MR) is 82.1 cm³/mol. The number of rotatable bonds is 4. The highest BCUT2D eigenvalue weighted by Gasteiger charge is 2.33. The largest absolute Gasteiger partial charge is 0.334 e. The molecule has 0 unspecified atom stereocenters. The number of alkyl halides is 2. The van der Waals surface area contributed by atoms with Gasteiger partial charge >= 0.3 is 6.55 Å². The Kier molecular flexibility index (Phi) is 4.07. The minimum Gasteiger partial charge on any atom is -0.334 e. The second-order valence-corrected chi connectivity index (χ2v) is 5.62. The van der Waals surface area contributed by atoms with E-state index in [4.69, 9.17) is 0 Å². The average molecular weight is 348 g/mol. The van der Waals surface area contributed by atoms with E-state index in [2.05, 4.69) is 4.98 Å². The third-order valence-electron chi connectivity index (χ3n) is 4.02. The second kappa shape index (κ2) is 6.08. The summed E-state index contributed by atoms with van der Waals surface area (Å²) in [5.74, 6) is -1.34. The molecular formula is C16H14F2N4O3. The molecule has 130 valence electrons. The van der Waals surface area contributed by atoms with Crippen molar-refractivity contribution in [3.05, 3.63) is 53.1 Å². The average Bonchev–Trinajstić information content (AvgIpc) is 3.14. The molecule has 3 amide bonds. The molecule has 25 heavy (non-hydrogen) atoms. The van der Waals surface area contributed by atoms with Crippen LogP contribution in [0.1, 0.15) is 43.4 Å². The van der Waals surface area contributed by atoms with E-state index in [9.17, 15) is 23.2 Å². The molecule has 1 aliphatic heterocycles. The van der Waals surface area contributed by atoms with Gasteiger partial charge in [0.15, 0.2) is 0 Å². The van der Waals surface area contributed by atoms with Gasteiger partial charge in [0, 0.05) is 32.1 Å². The van der Waals surface area contributed by atoms with Crippen LogP contribution in [0.15, 0.2) is 30.6 Å². The molecule has 0 atom stereocenters. The molecule has 9 heteroatoms. The number of fused-ring (bicyclic) bond motifs is 1. The maximum absolute atomic E-state index is 12.8. The summed E-state index contributed by atoms with van der Waals surface area (Å²) in [6.45, 7) is -2.87. The summed E-state index contributed by atoms with van der Waals surface area (Å²) in [5.41, 5.74) is 0.577. The number of aromatic nitrogens is 2. The van der Waals surface area contributed by atoms with Crippen LogP contribution in [-0.2, 0) is 6.54 Å². The number of carbonyl (C=O) groups is 3. The van der Waals surface area contributed by atoms with Gasteiger partial charge in [0.25, 0.3) is 17.7 Å². The lowest BCUT2D eigenvalue weighted by Gasteiger charge is -2.18. The molecule has 0 N–H and O–H groups in total. The number of nitrogens with zero attached hydrogens (tertiary/aromatic N) is 4. The van der Waals surface area contributed by atoms with Gasteiger partial charge in [0.05, 0.1) is 17.7 Å². The number of hydrogen-bond donors (Lipinski definition) is 0. The summed E-state index contributed by atoms with van der Waals surface area (Å²) >= 11 is 0. The topological polar surface area (TPSA) is 75.5 Å². The molecule has 0 saturated heterocycles. The van der Waals surface area contributed by atoms with E-state index in [1.54, 1.807) is 0 Å². The fourth-order valence-electron chi connectivity index (χ4n) is 2.64. The van der Waals surface area contributed by atoms with Crippen LogP contribution in [0.2, 0.25) is 0 Å². The normalized spacial score (nSPS) is 13.6. The van der Waals surface area contributed by atoms with Gasteiger partial charge in [-0.05, 0) is 18.2 Å². The van der Waals surface area contributed by atoms with Crippen LogP contribution in [0.4, 0.5) is 8.78 Å². The number of benzene rings is 1. The first-order valence-electron chi connectivity index (χ1n) is 7.33. The molecule has 3 rings (SSSR count). The van der Waals surface area contributed by atoms with Crippen LogP contribution >= 0.6 is 0 Å². The van der Waals surface area contributed by atoms with Crippen LogP contribution in [0.3, 0.4) is 0 Å². The number of imide groups is 1. The Morgan fingerprint density at radius 1 is 1.24 bits per heavy atom. The van der Waals surface area contributed by atoms with Crippen LogP contribution in [0.5, 0.6) is 0 Å². The van der Waals surface area contributed by atoms with E-state index < -0.39 is 24.3 Å². The number of amides is 3. The summed E-state index contributed by atoms with van der Waals surface area (Å²) in [7, 11) is 2.81. The zero-order valence-corrected chi connectivity index (χ0v) is 13.4. The Balaban J connectivity index is 1.83. The van der Waals surface area contributed by atoms with E-state index in [-0.39, 0.29) is 29.1 Å². The van der Waals surface area contributed by atoms with Gasteiger partial charge in [-0.2, -0.15) is 8.78 Å². The Bertz CT molecular complexity index is 878. The van der Waals surface area contributed by atoms with Gasteiger partial charge < -0.3 is 4.90 Å².